The molecular formula is C11H8N2O3S. The summed E-state index contributed by atoms with van der Waals surface area (Å²) in [5.41, 5.74) is 3.53. The molecule has 1 aliphatic heterocycles. The van der Waals surface area contributed by atoms with E-state index >= 15 is 0 Å². The molecule has 1 N–H and O–H groups in total. The topological polar surface area (TPSA) is 62.7 Å². The van der Waals surface area contributed by atoms with Gasteiger partial charge in [0.2, 0.25) is 0 Å². The molecule has 0 spiro atoms. The average Bonchev–Trinajstić information content (AvgIpc) is 2.98. The largest absolute Gasteiger partial charge is 0.479 e. The van der Waals surface area contributed by atoms with Gasteiger partial charge in [-0.3, -0.25) is 0 Å². The molecule has 86 valence electrons. The maximum atomic E-state index is 11.1. The van der Waals surface area contributed by atoms with E-state index in [9.17, 15) is 4.79 Å². The van der Waals surface area contributed by atoms with Crippen molar-refractivity contribution in [1.29, 1.82) is 0 Å². The summed E-state index contributed by atoms with van der Waals surface area (Å²) in [4.78, 5) is 17.1. The Morgan fingerprint density at radius 2 is 2.41 bits per heavy atom. The molecule has 0 amide bonds. The fourth-order valence-electron chi connectivity index (χ4n) is 1.72. The Morgan fingerprint density at radius 3 is 3.12 bits per heavy atom. The Hall–Kier alpha value is -2.08. The number of hydrogen-bond donors (Lipinski definition) is 1. The Balaban J connectivity index is 2.22. The molecule has 0 bridgehead atoms. The number of aromatic nitrogens is 1. The maximum absolute atomic E-state index is 11.1. The van der Waals surface area contributed by atoms with Crippen LogP contribution in [0.25, 0.3) is 10.2 Å². The zero-order valence-electron chi connectivity index (χ0n) is 8.66. The van der Waals surface area contributed by atoms with E-state index in [2.05, 4.69) is 4.98 Å². The predicted molar refractivity (Wildman–Crippen MR) is 64.2 cm³/mol. The van der Waals surface area contributed by atoms with Crippen LogP contribution in [0.5, 0.6) is 0 Å². The lowest BCUT2D eigenvalue weighted by atomic mass is 10.1. The van der Waals surface area contributed by atoms with Crippen molar-refractivity contribution in [3.05, 3.63) is 35.7 Å². The number of hydrogen-bond acceptors (Lipinski definition) is 5. The second-order valence-electron chi connectivity index (χ2n) is 3.55. The first-order valence-corrected chi connectivity index (χ1v) is 5.79. The fourth-order valence-corrected chi connectivity index (χ4v) is 2.46. The van der Waals surface area contributed by atoms with Gasteiger partial charge in [-0.1, -0.05) is 0 Å². The van der Waals surface area contributed by atoms with Gasteiger partial charge in [0.05, 0.1) is 21.5 Å². The summed E-state index contributed by atoms with van der Waals surface area (Å²) in [6.07, 6.45) is 3.34. The molecule has 0 unspecified atom stereocenters. The summed E-state index contributed by atoms with van der Waals surface area (Å²) in [6, 6.07) is 3.25. The second kappa shape index (κ2) is 3.74. The molecule has 2 aromatic rings. The van der Waals surface area contributed by atoms with E-state index in [4.69, 9.17) is 9.84 Å². The lowest BCUT2D eigenvalue weighted by Gasteiger charge is -2.14. The number of carboxylic acid groups (broad SMARTS) is 1. The first-order chi connectivity index (χ1) is 8.25. The third-order valence-electron chi connectivity index (χ3n) is 2.52. The van der Waals surface area contributed by atoms with E-state index in [-0.39, 0.29) is 5.56 Å². The summed E-state index contributed by atoms with van der Waals surface area (Å²) >= 11 is 1.43. The maximum Gasteiger partial charge on any atom is 0.335 e. The summed E-state index contributed by atoms with van der Waals surface area (Å²) in [6.45, 7) is 0.385. The van der Waals surface area contributed by atoms with E-state index in [1.807, 2.05) is 4.90 Å². The van der Waals surface area contributed by atoms with Crippen LogP contribution in [0.1, 0.15) is 10.4 Å². The second-order valence-corrected chi connectivity index (χ2v) is 4.44. The van der Waals surface area contributed by atoms with Crippen LogP contribution in [0.4, 0.5) is 5.69 Å². The Labute approximate surface area is 101 Å². The highest BCUT2D eigenvalue weighted by atomic mass is 32.1. The van der Waals surface area contributed by atoms with Crippen LogP contribution in [0.2, 0.25) is 0 Å². The summed E-state index contributed by atoms with van der Waals surface area (Å²) in [7, 11) is 0. The molecule has 1 aromatic carbocycles. The van der Waals surface area contributed by atoms with Gasteiger partial charge in [0.25, 0.3) is 0 Å². The van der Waals surface area contributed by atoms with Crippen LogP contribution in [-0.4, -0.2) is 22.8 Å². The van der Waals surface area contributed by atoms with Crippen LogP contribution in [0, 0.1) is 0 Å². The quantitative estimate of drug-likeness (QED) is 0.883. The van der Waals surface area contributed by atoms with Gasteiger partial charge in [0.15, 0.2) is 6.73 Å². The number of thiazole rings is 1. The van der Waals surface area contributed by atoms with Crippen molar-refractivity contribution in [2.45, 2.75) is 0 Å². The standard InChI is InChI=1S/C11H8N2O3S/c14-11(15)7-3-8(13-1-2-16-6-13)10-9(4-7)17-5-12-10/h1-5H,6H2,(H,14,15). The zero-order valence-corrected chi connectivity index (χ0v) is 9.48. The molecule has 0 saturated heterocycles. The van der Waals surface area contributed by atoms with Gasteiger partial charge >= 0.3 is 5.97 Å². The van der Waals surface area contributed by atoms with Crippen LogP contribution < -0.4 is 4.90 Å². The van der Waals surface area contributed by atoms with Gasteiger partial charge in [0.1, 0.15) is 11.8 Å². The number of benzene rings is 1. The number of anilines is 1. The Morgan fingerprint density at radius 1 is 1.53 bits per heavy atom. The van der Waals surface area contributed by atoms with Crippen LogP contribution >= 0.6 is 11.3 Å². The number of carboxylic acids is 1. The molecule has 6 heteroatoms. The first-order valence-electron chi connectivity index (χ1n) is 4.91. The van der Waals surface area contributed by atoms with Crippen molar-refractivity contribution in [2.24, 2.45) is 0 Å². The molecule has 1 aromatic heterocycles. The molecule has 3 rings (SSSR count). The van der Waals surface area contributed by atoms with Gasteiger partial charge in [-0.2, -0.15) is 0 Å². The van der Waals surface area contributed by atoms with E-state index in [0.717, 1.165) is 15.9 Å². The number of ether oxygens (including phenoxy) is 1. The van der Waals surface area contributed by atoms with Crippen LogP contribution in [0.3, 0.4) is 0 Å². The Bertz CT molecular complexity index is 620. The summed E-state index contributed by atoms with van der Waals surface area (Å²) < 4.78 is 5.97. The van der Waals surface area contributed by atoms with E-state index < -0.39 is 5.97 Å². The third kappa shape index (κ3) is 1.62. The SMILES string of the molecule is O=C(O)c1cc(N2C=COC2)c2ncsc2c1. The van der Waals surface area contributed by atoms with Gasteiger partial charge < -0.3 is 14.7 Å². The molecule has 17 heavy (non-hydrogen) atoms. The molecule has 0 saturated carbocycles. The monoisotopic (exact) mass is 248 g/mol. The molecule has 2 heterocycles. The molecule has 0 atom stereocenters. The number of aromatic carboxylic acids is 1. The highest BCUT2D eigenvalue weighted by Crippen LogP contribution is 2.31. The zero-order chi connectivity index (χ0) is 11.8. The third-order valence-corrected chi connectivity index (χ3v) is 3.30. The number of fused-ring (bicyclic) bond motifs is 1. The highest BCUT2D eigenvalue weighted by molar-refractivity contribution is 7.16. The number of rotatable bonds is 2. The van der Waals surface area contributed by atoms with E-state index in [1.54, 1.807) is 30.1 Å². The van der Waals surface area contributed by atoms with Crippen molar-refractivity contribution >= 4 is 33.2 Å². The molecule has 0 aliphatic carbocycles. The molecular weight excluding hydrogens is 240 g/mol. The minimum atomic E-state index is -0.939. The fraction of sp³-hybridized carbons (Fsp3) is 0.0909. The van der Waals surface area contributed by atoms with Gasteiger partial charge in [-0.15, -0.1) is 11.3 Å². The van der Waals surface area contributed by atoms with Crippen molar-refractivity contribution < 1.29 is 14.6 Å². The van der Waals surface area contributed by atoms with Gasteiger partial charge in [0, 0.05) is 6.20 Å². The van der Waals surface area contributed by atoms with Gasteiger partial charge in [-0.05, 0) is 12.1 Å². The van der Waals surface area contributed by atoms with Crippen LogP contribution in [0.15, 0.2) is 30.1 Å². The smallest absolute Gasteiger partial charge is 0.335 e. The average molecular weight is 248 g/mol. The first kappa shape index (κ1) is 10.1. The van der Waals surface area contributed by atoms with Crippen molar-refractivity contribution in [3.63, 3.8) is 0 Å². The van der Waals surface area contributed by atoms with Crippen molar-refractivity contribution in [1.82, 2.24) is 4.98 Å². The normalized spacial score (nSPS) is 14.2. The van der Waals surface area contributed by atoms with E-state index in [0.29, 0.717) is 6.73 Å². The van der Waals surface area contributed by atoms with Crippen LogP contribution in [-0.2, 0) is 4.74 Å². The highest BCUT2D eigenvalue weighted by Gasteiger charge is 2.16. The molecule has 1 aliphatic rings. The molecule has 5 nitrogen and oxygen atoms in total. The van der Waals surface area contributed by atoms with Crippen molar-refractivity contribution in [3.8, 4) is 0 Å². The Kier molecular flexibility index (Phi) is 2.22. The van der Waals surface area contributed by atoms with E-state index in [1.165, 1.54) is 11.3 Å². The van der Waals surface area contributed by atoms with Crippen molar-refractivity contribution in [2.75, 3.05) is 11.6 Å². The number of carbonyl (C=O) groups is 1. The summed E-state index contributed by atoms with van der Waals surface area (Å²) in [5.74, 6) is -0.939. The lowest BCUT2D eigenvalue weighted by molar-refractivity contribution is 0.0697. The minimum absolute atomic E-state index is 0.261. The molecule has 0 fully saturated rings. The summed E-state index contributed by atoms with van der Waals surface area (Å²) in [5, 5.41) is 9.07. The predicted octanol–water partition coefficient (Wildman–Crippen LogP) is 2.26. The lowest BCUT2D eigenvalue weighted by Crippen LogP contribution is -2.14. The minimum Gasteiger partial charge on any atom is -0.479 e. The number of nitrogens with zero attached hydrogens (tertiary/aromatic N) is 2. The molecule has 0 radical (unpaired) electrons. The van der Waals surface area contributed by atoms with Gasteiger partial charge in [-0.25, -0.2) is 9.78 Å².